The van der Waals surface area contributed by atoms with Gasteiger partial charge >= 0.3 is 12.6 Å². The summed E-state index contributed by atoms with van der Waals surface area (Å²) in [4.78, 5) is 38.6. The standard InChI is InChI=1S/C22H20F2N2O5/c1-12-10-18(13(2)26(12)16-5-7-17(8-6-16)31-22(23)24)20(28)14(3)30-21(29)15-4-9-19(27)25-11-15/h4-11,14,22H,1-3H3,(H,25,27)/t14-/m1/s1. The number of halogens is 2. The molecule has 31 heavy (non-hydrogen) atoms. The lowest BCUT2D eigenvalue weighted by molar-refractivity contribution is -0.0498. The van der Waals surface area contributed by atoms with Crippen molar-refractivity contribution in [3.05, 3.63) is 81.5 Å². The average molecular weight is 430 g/mol. The molecule has 2 heterocycles. The molecule has 0 bridgehead atoms. The fourth-order valence-corrected chi connectivity index (χ4v) is 3.22. The van der Waals surface area contributed by atoms with E-state index in [0.29, 0.717) is 16.9 Å². The zero-order valence-electron chi connectivity index (χ0n) is 17.0. The Morgan fingerprint density at radius 2 is 1.74 bits per heavy atom. The maximum Gasteiger partial charge on any atom is 0.387 e. The molecule has 3 rings (SSSR count). The molecule has 2 aromatic heterocycles. The summed E-state index contributed by atoms with van der Waals surface area (Å²) in [5.74, 6) is -1.10. The van der Waals surface area contributed by atoms with Crippen LogP contribution >= 0.6 is 0 Å². The molecule has 0 radical (unpaired) electrons. The molecular formula is C22H20F2N2O5. The van der Waals surface area contributed by atoms with E-state index in [1.807, 2.05) is 0 Å². The third-order valence-electron chi connectivity index (χ3n) is 4.69. The van der Waals surface area contributed by atoms with E-state index in [4.69, 9.17) is 4.74 Å². The highest BCUT2D eigenvalue weighted by molar-refractivity contribution is 6.02. The van der Waals surface area contributed by atoms with Crippen LogP contribution in [0.3, 0.4) is 0 Å². The van der Waals surface area contributed by atoms with E-state index in [0.717, 1.165) is 5.69 Å². The van der Waals surface area contributed by atoms with Gasteiger partial charge in [-0.3, -0.25) is 9.59 Å². The summed E-state index contributed by atoms with van der Waals surface area (Å²) in [6, 6.07) is 10.2. The number of aromatic amines is 1. The van der Waals surface area contributed by atoms with Crippen LogP contribution in [0.5, 0.6) is 5.75 Å². The summed E-state index contributed by atoms with van der Waals surface area (Å²) >= 11 is 0. The highest BCUT2D eigenvalue weighted by Gasteiger charge is 2.25. The molecule has 0 aliphatic carbocycles. The number of aryl methyl sites for hydroxylation is 1. The van der Waals surface area contributed by atoms with Gasteiger partial charge in [0.15, 0.2) is 6.10 Å². The van der Waals surface area contributed by atoms with Crippen molar-refractivity contribution < 1.29 is 27.8 Å². The molecular weight excluding hydrogens is 410 g/mol. The Hall–Kier alpha value is -3.75. The zero-order chi connectivity index (χ0) is 22.7. The summed E-state index contributed by atoms with van der Waals surface area (Å²) in [7, 11) is 0. The van der Waals surface area contributed by atoms with E-state index in [-0.39, 0.29) is 16.9 Å². The second-order valence-corrected chi connectivity index (χ2v) is 6.85. The summed E-state index contributed by atoms with van der Waals surface area (Å²) in [5.41, 5.74) is 2.14. The second-order valence-electron chi connectivity index (χ2n) is 6.85. The van der Waals surface area contributed by atoms with Gasteiger partial charge in [0.1, 0.15) is 5.75 Å². The van der Waals surface area contributed by atoms with Crippen LogP contribution in [0.25, 0.3) is 5.69 Å². The average Bonchev–Trinajstić information content (AvgIpc) is 3.02. The molecule has 0 aliphatic heterocycles. The number of nitrogens with one attached hydrogen (secondary N) is 1. The van der Waals surface area contributed by atoms with E-state index in [1.54, 1.807) is 36.6 Å². The molecule has 0 saturated heterocycles. The number of nitrogens with zero attached hydrogens (tertiary/aromatic N) is 1. The Morgan fingerprint density at radius 1 is 1.06 bits per heavy atom. The van der Waals surface area contributed by atoms with Gasteiger partial charge in [-0.15, -0.1) is 0 Å². The molecule has 1 atom stereocenters. The second kappa shape index (κ2) is 8.95. The largest absolute Gasteiger partial charge is 0.451 e. The molecule has 1 aromatic carbocycles. The number of H-pyrrole nitrogens is 1. The maximum atomic E-state index is 12.9. The van der Waals surface area contributed by atoms with E-state index in [2.05, 4.69) is 9.72 Å². The molecule has 162 valence electrons. The Bertz CT molecular complexity index is 1150. The van der Waals surface area contributed by atoms with Crippen LogP contribution in [0.1, 0.15) is 39.0 Å². The Balaban J connectivity index is 1.80. The van der Waals surface area contributed by atoms with Crippen LogP contribution in [-0.2, 0) is 4.74 Å². The summed E-state index contributed by atoms with van der Waals surface area (Å²) < 4.78 is 36.1. The number of esters is 1. The first-order chi connectivity index (χ1) is 14.7. The van der Waals surface area contributed by atoms with Gasteiger partial charge in [0, 0.05) is 34.9 Å². The van der Waals surface area contributed by atoms with Gasteiger partial charge in [-0.25, -0.2) is 4.79 Å². The first-order valence-corrected chi connectivity index (χ1v) is 9.35. The SMILES string of the molecule is Cc1cc(C(=O)[C@@H](C)OC(=O)c2ccc(=O)[nH]c2)c(C)n1-c1ccc(OC(F)F)cc1. The fourth-order valence-electron chi connectivity index (χ4n) is 3.22. The van der Waals surface area contributed by atoms with Crippen molar-refractivity contribution in [2.45, 2.75) is 33.5 Å². The highest BCUT2D eigenvalue weighted by atomic mass is 19.3. The lowest BCUT2D eigenvalue weighted by atomic mass is 10.1. The molecule has 0 spiro atoms. The lowest BCUT2D eigenvalue weighted by Gasteiger charge is -2.13. The van der Waals surface area contributed by atoms with Crippen LogP contribution < -0.4 is 10.3 Å². The minimum atomic E-state index is -2.91. The van der Waals surface area contributed by atoms with E-state index in [9.17, 15) is 23.2 Å². The number of carbonyl (C=O) groups is 2. The van der Waals surface area contributed by atoms with Gasteiger partial charge in [-0.1, -0.05) is 0 Å². The van der Waals surface area contributed by atoms with E-state index >= 15 is 0 Å². The summed E-state index contributed by atoms with van der Waals surface area (Å²) in [6.07, 6.45) is 0.157. The molecule has 0 unspecified atom stereocenters. The van der Waals surface area contributed by atoms with Crippen molar-refractivity contribution >= 4 is 11.8 Å². The molecule has 7 nitrogen and oxygen atoms in total. The van der Waals surface area contributed by atoms with Crippen LogP contribution in [0.15, 0.2) is 53.5 Å². The first-order valence-electron chi connectivity index (χ1n) is 9.35. The number of carbonyl (C=O) groups excluding carboxylic acids is 2. The van der Waals surface area contributed by atoms with E-state index < -0.39 is 24.5 Å². The van der Waals surface area contributed by atoms with Crippen molar-refractivity contribution in [3.8, 4) is 11.4 Å². The van der Waals surface area contributed by atoms with Crippen molar-refractivity contribution in [1.82, 2.24) is 9.55 Å². The summed E-state index contributed by atoms with van der Waals surface area (Å²) in [6.45, 7) is 2.09. The number of hydrogen-bond donors (Lipinski definition) is 1. The lowest BCUT2D eigenvalue weighted by Crippen LogP contribution is -2.25. The third kappa shape index (κ3) is 4.88. The Kier molecular flexibility index (Phi) is 6.33. The fraction of sp³-hybridized carbons (Fsp3) is 0.227. The van der Waals surface area contributed by atoms with Gasteiger partial charge in [0.25, 0.3) is 0 Å². The van der Waals surface area contributed by atoms with Crippen LogP contribution in [0, 0.1) is 13.8 Å². The van der Waals surface area contributed by atoms with Crippen molar-refractivity contribution in [2.75, 3.05) is 0 Å². The Morgan fingerprint density at radius 3 is 2.32 bits per heavy atom. The number of pyridine rings is 1. The molecule has 9 heteroatoms. The number of benzene rings is 1. The number of ketones is 1. The molecule has 0 fully saturated rings. The molecule has 3 aromatic rings. The van der Waals surface area contributed by atoms with Crippen LogP contribution in [0.2, 0.25) is 0 Å². The smallest absolute Gasteiger partial charge is 0.387 e. The highest BCUT2D eigenvalue weighted by Crippen LogP contribution is 2.25. The monoisotopic (exact) mass is 430 g/mol. The van der Waals surface area contributed by atoms with Gasteiger partial charge in [0.2, 0.25) is 11.3 Å². The van der Waals surface area contributed by atoms with Crippen LogP contribution in [0.4, 0.5) is 8.78 Å². The molecule has 1 N–H and O–H groups in total. The van der Waals surface area contributed by atoms with E-state index in [1.165, 1.54) is 37.4 Å². The minimum Gasteiger partial charge on any atom is -0.451 e. The number of ether oxygens (including phenoxy) is 2. The predicted octanol–water partition coefficient (Wildman–Crippen LogP) is 3.81. The van der Waals surface area contributed by atoms with Crippen LogP contribution in [-0.4, -0.2) is 34.0 Å². The van der Waals surface area contributed by atoms with Gasteiger partial charge in [-0.05, 0) is 57.2 Å². The predicted molar refractivity (Wildman–Crippen MR) is 108 cm³/mol. The normalized spacial score (nSPS) is 11.9. The number of alkyl halides is 2. The minimum absolute atomic E-state index is 0.0281. The number of hydrogen-bond acceptors (Lipinski definition) is 5. The molecule has 0 saturated carbocycles. The van der Waals surface area contributed by atoms with Crippen molar-refractivity contribution in [3.63, 3.8) is 0 Å². The number of Topliss-reactive ketones (excluding diaryl/α,β-unsaturated/α-hetero) is 1. The molecule has 0 aliphatic rings. The first kappa shape index (κ1) is 21.9. The zero-order valence-corrected chi connectivity index (χ0v) is 17.0. The van der Waals surface area contributed by atoms with Gasteiger partial charge in [0.05, 0.1) is 5.56 Å². The quantitative estimate of drug-likeness (QED) is 0.455. The van der Waals surface area contributed by atoms with Gasteiger partial charge in [-0.2, -0.15) is 8.78 Å². The number of rotatable bonds is 7. The molecule has 0 amide bonds. The van der Waals surface area contributed by atoms with Crippen molar-refractivity contribution in [1.29, 1.82) is 0 Å². The Labute approximate surface area is 176 Å². The van der Waals surface area contributed by atoms with Gasteiger partial charge < -0.3 is 19.0 Å². The summed E-state index contributed by atoms with van der Waals surface area (Å²) in [5, 5.41) is 0. The van der Waals surface area contributed by atoms with Crippen molar-refractivity contribution in [2.24, 2.45) is 0 Å². The number of aromatic nitrogens is 2. The maximum absolute atomic E-state index is 12.9. The third-order valence-corrected chi connectivity index (χ3v) is 4.69. The topological polar surface area (TPSA) is 90.4 Å².